The molecule has 1 N–H and O–H groups in total. The van der Waals surface area contributed by atoms with Crippen LogP contribution in [0.15, 0.2) is 12.4 Å². The first-order valence-electron chi connectivity index (χ1n) is 4.16. The number of nitrogens with zero attached hydrogens (tertiary/aromatic N) is 4. The van der Waals surface area contributed by atoms with Crippen LogP contribution in [0.3, 0.4) is 0 Å². The predicted molar refractivity (Wildman–Crippen MR) is 49.1 cm³/mol. The highest BCUT2D eigenvalue weighted by Gasteiger charge is 2.17. The number of hydrogen-bond acceptors (Lipinski definition) is 6. The number of methoxy groups -OCH3 is 1. The van der Waals surface area contributed by atoms with E-state index in [9.17, 15) is 9.59 Å². The monoisotopic (exact) mass is 222 g/mol. The third-order valence-electron chi connectivity index (χ3n) is 1.87. The summed E-state index contributed by atoms with van der Waals surface area (Å²) in [7, 11) is 1.19. The highest BCUT2D eigenvalue weighted by atomic mass is 16.5. The molecule has 0 spiro atoms. The van der Waals surface area contributed by atoms with Crippen molar-refractivity contribution in [1.82, 2.24) is 19.6 Å². The Bertz CT molecular complexity index is 576. The second kappa shape index (κ2) is 3.57. The maximum Gasteiger partial charge on any atom is 0.356 e. The molecule has 0 aliphatic carbocycles. The van der Waals surface area contributed by atoms with Crippen LogP contribution in [0.25, 0.3) is 5.78 Å². The lowest BCUT2D eigenvalue weighted by Gasteiger charge is -2.02. The number of aromatic nitrogens is 4. The van der Waals surface area contributed by atoms with Gasteiger partial charge in [-0.3, -0.25) is 0 Å². The van der Waals surface area contributed by atoms with Gasteiger partial charge < -0.3 is 9.84 Å². The van der Waals surface area contributed by atoms with Gasteiger partial charge >= 0.3 is 11.9 Å². The fourth-order valence-electron chi connectivity index (χ4n) is 1.17. The van der Waals surface area contributed by atoms with Gasteiger partial charge in [0.25, 0.3) is 5.78 Å². The topological polar surface area (TPSA) is 107 Å². The summed E-state index contributed by atoms with van der Waals surface area (Å²) in [4.78, 5) is 29.5. The smallest absolute Gasteiger partial charge is 0.356 e. The van der Waals surface area contributed by atoms with Gasteiger partial charge in [0, 0.05) is 6.07 Å². The molecule has 2 rings (SSSR count). The van der Waals surface area contributed by atoms with E-state index in [1.54, 1.807) is 0 Å². The van der Waals surface area contributed by atoms with Crippen LogP contribution in [0.5, 0.6) is 0 Å². The minimum absolute atomic E-state index is 0.0281. The molecule has 0 atom stereocenters. The van der Waals surface area contributed by atoms with Crippen LogP contribution in [0.2, 0.25) is 0 Å². The third-order valence-corrected chi connectivity index (χ3v) is 1.87. The summed E-state index contributed by atoms with van der Waals surface area (Å²) < 4.78 is 5.61. The van der Waals surface area contributed by atoms with Gasteiger partial charge in [0.1, 0.15) is 6.33 Å². The maximum absolute atomic E-state index is 11.4. The zero-order valence-electron chi connectivity index (χ0n) is 8.12. The zero-order valence-corrected chi connectivity index (χ0v) is 8.12. The fraction of sp³-hybridized carbons (Fsp3) is 0.125. The standard InChI is InChI=1S/C8H6N4O4/c1-16-7(15)5-2-4(6(13)14)11-8-9-3-10-12(5)8/h2-3H,1H3,(H,13,14). The van der Waals surface area contributed by atoms with E-state index in [2.05, 4.69) is 19.8 Å². The van der Waals surface area contributed by atoms with E-state index in [0.717, 1.165) is 10.6 Å². The Morgan fingerprint density at radius 1 is 1.50 bits per heavy atom. The summed E-state index contributed by atoms with van der Waals surface area (Å²) in [6.45, 7) is 0. The molecule has 0 unspecified atom stereocenters. The number of carbonyl (C=O) groups excluding carboxylic acids is 1. The Morgan fingerprint density at radius 2 is 2.25 bits per heavy atom. The number of aromatic carboxylic acids is 1. The van der Waals surface area contributed by atoms with Crippen molar-refractivity contribution < 1.29 is 19.4 Å². The first kappa shape index (κ1) is 10.0. The summed E-state index contributed by atoms with van der Waals surface area (Å²) >= 11 is 0. The first-order chi connectivity index (χ1) is 7.63. The van der Waals surface area contributed by atoms with E-state index in [4.69, 9.17) is 5.11 Å². The van der Waals surface area contributed by atoms with Gasteiger partial charge in [0.2, 0.25) is 0 Å². The molecule has 0 aliphatic rings. The molecular weight excluding hydrogens is 216 g/mol. The lowest BCUT2D eigenvalue weighted by Crippen LogP contribution is -2.13. The van der Waals surface area contributed by atoms with E-state index in [0.29, 0.717) is 0 Å². The SMILES string of the molecule is COC(=O)c1cc(C(=O)O)nc2ncnn12. The van der Waals surface area contributed by atoms with Gasteiger partial charge in [0.05, 0.1) is 7.11 Å². The van der Waals surface area contributed by atoms with Gasteiger partial charge in [-0.1, -0.05) is 0 Å². The summed E-state index contributed by atoms with van der Waals surface area (Å²) in [5, 5.41) is 12.5. The highest BCUT2D eigenvalue weighted by molar-refractivity contribution is 5.92. The van der Waals surface area contributed by atoms with Gasteiger partial charge in [-0.05, 0) is 0 Å². The number of rotatable bonds is 2. The fourth-order valence-corrected chi connectivity index (χ4v) is 1.17. The Kier molecular flexibility index (Phi) is 2.24. The minimum atomic E-state index is -1.25. The van der Waals surface area contributed by atoms with Crippen LogP contribution in [0, 0.1) is 0 Å². The van der Waals surface area contributed by atoms with Crippen LogP contribution in [-0.2, 0) is 4.74 Å². The lowest BCUT2D eigenvalue weighted by atomic mass is 10.3. The number of carboxylic acid groups (broad SMARTS) is 1. The molecule has 2 aromatic rings. The van der Waals surface area contributed by atoms with E-state index < -0.39 is 11.9 Å². The summed E-state index contributed by atoms with van der Waals surface area (Å²) in [6, 6.07) is 1.08. The number of esters is 1. The molecule has 0 aliphatic heterocycles. The average molecular weight is 222 g/mol. The Labute approximate surface area is 88.5 Å². The van der Waals surface area contributed by atoms with Crippen LogP contribution in [0.1, 0.15) is 21.0 Å². The Balaban J connectivity index is 2.73. The molecule has 0 saturated carbocycles. The quantitative estimate of drug-likeness (QED) is 0.689. The van der Waals surface area contributed by atoms with E-state index in [-0.39, 0.29) is 17.2 Å². The van der Waals surface area contributed by atoms with Crippen molar-refractivity contribution in [3.8, 4) is 0 Å². The summed E-state index contributed by atoms with van der Waals surface area (Å²) in [5.41, 5.74) is -0.330. The summed E-state index contributed by atoms with van der Waals surface area (Å²) in [5.74, 6) is -1.93. The van der Waals surface area contributed by atoms with Gasteiger partial charge in [-0.25, -0.2) is 14.6 Å². The van der Waals surface area contributed by atoms with Crippen molar-refractivity contribution in [3.05, 3.63) is 23.8 Å². The minimum Gasteiger partial charge on any atom is -0.477 e. The molecule has 2 aromatic heterocycles. The number of hydrogen-bond donors (Lipinski definition) is 1. The highest BCUT2D eigenvalue weighted by Crippen LogP contribution is 2.06. The molecule has 0 aromatic carbocycles. The van der Waals surface area contributed by atoms with Crippen LogP contribution in [-0.4, -0.2) is 43.7 Å². The van der Waals surface area contributed by atoms with E-state index in [1.807, 2.05) is 0 Å². The first-order valence-corrected chi connectivity index (χ1v) is 4.16. The third kappa shape index (κ3) is 1.45. The normalized spacial score (nSPS) is 10.3. The van der Waals surface area contributed by atoms with Crippen molar-refractivity contribution >= 4 is 17.7 Å². The molecule has 0 saturated heterocycles. The van der Waals surface area contributed by atoms with Gasteiger partial charge in [0.15, 0.2) is 11.4 Å². The van der Waals surface area contributed by atoms with Crippen molar-refractivity contribution in [3.63, 3.8) is 0 Å². The van der Waals surface area contributed by atoms with Crippen LogP contribution in [0.4, 0.5) is 0 Å². The second-order valence-corrected chi connectivity index (χ2v) is 2.80. The van der Waals surface area contributed by atoms with E-state index >= 15 is 0 Å². The van der Waals surface area contributed by atoms with Gasteiger partial charge in [-0.2, -0.15) is 14.6 Å². The van der Waals surface area contributed by atoms with Crippen molar-refractivity contribution in [2.75, 3.05) is 7.11 Å². The van der Waals surface area contributed by atoms with Crippen LogP contribution < -0.4 is 0 Å². The number of ether oxygens (including phenoxy) is 1. The Hall–Kier alpha value is -2.51. The average Bonchev–Trinajstić information content (AvgIpc) is 2.74. The molecule has 0 fully saturated rings. The molecule has 16 heavy (non-hydrogen) atoms. The largest absolute Gasteiger partial charge is 0.477 e. The number of fused-ring (bicyclic) bond motifs is 1. The van der Waals surface area contributed by atoms with Crippen molar-refractivity contribution in [1.29, 1.82) is 0 Å². The lowest BCUT2D eigenvalue weighted by molar-refractivity contribution is 0.0590. The Morgan fingerprint density at radius 3 is 2.88 bits per heavy atom. The summed E-state index contributed by atoms with van der Waals surface area (Å²) in [6.07, 6.45) is 1.17. The van der Waals surface area contributed by atoms with Crippen molar-refractivity contribution in [2.24, 2.45) is 0 Å². The molecule has 0 amide bonds. The second-order valence-electron chi connectivity index (χ2n) is 2.80. The molecule has 0 bridgehead atoms. The molecule has 0 radical (unpaired) electrons. The maximum atomic E-state index is 11.4. The van der Waals surface area contributed by atoms with E-state index in [1.165, 1.54) is 13.4 Å². The number of carboxylic acids is 1. The van der Waals surface area contributed by atoms with Gasteiger partial charge in [-0.15, -0.1) is 0 Å². The predicted octanol–water partition coefficient (Wildman–Crippen LogP) is -0.391. The molecular formula is C8H6N4O4. The molecule has 82 valence electrons. The zero-order chi connectivity index (χ0) is 11.7. The van der Waals surface area contributed by atoms with Crippen molar-refractivity contribution in [2.45, 2.75) is 0 Å². The van der Waals surface area contributed by atoms with Crippen LogP contribution >= 0.6 is 0 Å². The molecule has 8 heteroatoms. The molecule has 8 nitrogen and oxygen atoms in total. The molecule has 2 heterocycles. The number of carbonyl (C=O) groups is 2.